The van der Waals surface area contributed by atoms with Gasteiger partial charge in [0, 0.05) is 26.7 Å². The van der Waals surface area contributed by atoms with E-state index in [0.717, 1.165) is 47.1 Å². The third kappa shape index (κ3) is 5.81. The molecule has 0 saturated carbocycles. The van der Waals surface area contributed by atoms with Crippen LogP contribution in [-0.4, -0.2) is 50.3 Å². The van der Waals surface area contributed by atoms with Gasteiger partial charge in [-0.2, -0.15) is 0 Å². The summed E-state index contributed by atoms with van der Waals surface area (Å²) in [6.45, 7) is 6.25. The number of nitrogens with zero attached hydrogens (tertiary/aromatic N) is 2. The Bertz CT molecular complexity index is 806. The minimum absolute atomic E-state index is 0.287. The summed E-state index contributed by atoms with van der Waals surface area (Å²) in [5.74, 6) is 2.59. The molecule has 0 aliphatic heterocycles. The predicted octanol–water partition coefficient (Wildman–Crippen LogP) is 3.36. The number of hydrogen-bond acceptors (Lipinski definition) is 4. The van der Waals surface area contributed by atoms with Gasteiger partial charge in [0.1, 0.15) is 5.75 Å². The molecular weight excluding hydrogens is 354 g/mol. The zero-order valence-electron chi connectivity index (χ0n) is 17.5. The van der Waals surface area contributed by atoms with Crippen molar-refractivity contribution < 1.29 is 14.6 Å². The van der Waals surface area contributed by atoms with Gasteiger partial charge in [0.05, 0.1) is 14.2 Å². The van der Waals surface area contributed by atoms with E-state index in [4.69, 9.17) is 14.5 Å². The zero-order valence-corrected chi connectivity index (χ0v) is 17.5. The standard InChI is InChI=1S/C22H31N3O3/c1-6-23-22(24-11-10-17-8-7-9-19(26)13-17)25(3)15-18-14-21(28-5)20(27-4)12-16(18)2/h7-9,12-14,26H,6,10-11,15H2,1-5H3,(H,23,24). The molecule has 0 aromatic heterocycles. The van der Waals surface area contributed by atoms with Gasteiger partial charge < -0.3 is 24.8 Å². The van der Waals surface area contributed by atoms with E-state index in [1.807, 2.05) is 31.3 Å². The van der Waals surface area contributed by atoms with Gasteiger partial charge in [-0.25, -0.2) is 0 Å². The van der Waals surface area contributed by atoms with Crippen molar-refractivity contribution in [2.45, 2.75) is 26.8 Å². The quantitative estimate of drug-likeness (QED) is 0.539. The first-order valence-corrected chi connectivity index (χ1v) is 9.47. The molecule has 2 N–H and O–H groups in total. The molecule has 0 aliphatic rings. The van der Waals surface area contributed by atoms with E-state index >= 15 is 0 Å². The first-order valence-electron chi connectivity index (χ1n) is 9.47. The molecule has 0 saturated heterocycles. The molecular formula is C22H31N3O3. The third-order valence-corrected chi connectivity index (χ3v) is 4.52. The number of phenols is 1. The largest absolute Gasteiger partial charge is 0.508 e. The van der Waals surface area contributed by atoms with E-state index in [1.54, 1.807) is 26.4 Å². The number of nitrogens with one attached hydrogen (secondary N) is 1. The summed E-state index contributed by atoms with van der Waals surface area (Å²) >= 11 is 0. The van der Waals surface area contributed by atoms with Crippen LogP contribution >= 0.6 is 0 Å². The lowest BCUT2D eigenvalue weighted by Gasteiger charge is -2.23. The van der Waals surface area contributed by atoms with E-state index in [9.17, 15) is 5.11 Å². The van der Waals surface area contributed by atoms with Crippen LogP contribution in [0.5, 0.6) is 17.2 Å². The fraction of sp³-hybridized carbons (Fsp3) is 0.409. The summed E-state index contributed by atoms with van der Waals surface area (Å²) in [6, 6.07) is 11.3. The normalized spacial score (nSPS) is 11.2. The number of hydrogen-bond donors (Lipinski definition) is 2. The van der Waals surface area contributed by atoms with Crippen molar-refractivity contribution in [1.82, 2.24) is 10.2 Å². The summed E-state index contributed by atoms with van der Waals surface area (Å²) in [6.07, 6.45) is 0.770. The lowest BCUT2D eigenvalue weighted by atomic mass is 10.1. The Hall–Kier alpha value is -2.89. The molecule has 2 aromatic rings. The zero-order chi connectivity index (χ0) is 20.5. The molecule has 0 bridgehead atoms. The molecule has 0 aliphatic carbocycles. The van der Waals surface area contributed by atoms with Crippen molar-refractivity contribution >= 4 is 5.96 Å². The van der Waals surface area contributed by atoms with Crippen LogP contribution in [0.2, 0.25) is 0 Å². The summed E-state index contributed by atoms with van der Waals surface area (Å²) in [7, 11) is 5.31. The fourth-order valence-electron chi connectivity index (χ4n) is 3.00. The van der Waals surface area contributed by atoms with Crippen molar-refractivity contribution in [1.29, 1.82) is 0 Å². The molecule has 2 aromatic carbocycles. The number of guanidine groups is 1. The summed E-state index contributed by atoms with van der Waals surface area (Å²) in [4.78, 5) is 6.83. The number of rotatable bonds is 8. The highest BCUT2D eigenvalue weighted by atomic mass is 16.5. The fourth-order valence-corrected chi connectivity index (χ4v) is 3.00. The molecule has 0 atom stereocenters. The van der Waals surface area contributed by atoms with Gasteiger partial charge in [-0.1, -0.05) is 12.1 Å². The Balaban J connectivity index is 2.10. The van der Waals surface area contributed by atoms with Crippen LogP contribution in [0.15, 0.2) is 41.4 Å². The SMILES string of the molecule is CCNC(=NCCc1cccc(O)c1)N(C)Cc1cc(OC)c(OC)cc1C. The minimum atomic E-state index is 0.287. The number of phenolic OH excluding ortho intramolecular Hbond substituents is 1. The Morgan fingerprint density at radius 3 is 2.50 bits per heavy atom. The molecule has 0 fully saturated rings. The van der Waals surface area contributed by atoms with Gasteiger partial charge in [0.25, 0.3) is 0 Å². The summed E-state index contributed by atoms with van der Waals surface area (Å²) in [5, 5.41) is 12.9. The molecule has 6 heteroatoms. The van der Waals surface area contributed by atoms with Crippen LogP contribution in [0, 0.1) is 6.92 Å². The first kappa shape index (κ1) is 21.4. The average Bonchev–Trinajstić information content (AvgIpc) is 2.68. The van der Waals surface area contributed by atoms with Crippen LogP contribution in [-0.2, 0) is 13.0 Å². The first-order chi connectivity index (χ1) is 13.5. The van der Waals surface area contributed by atoms with Crippen molar-refractivity contribution in [3.63, 3.8) is 0 Å². The van der Waals surface area contributed by atoms with Crippen LogP contribution in [0.1, 0.15) is 23.6 Å². The van der Waals surface area contributed by atoms with E-state index < -0.39 is 0 Å². The smallest absolute Gasteiger partial charge is 0.193 e. The number of ether oxygens (including phenoxy) is 2. The average molecular weight is 386 g/mol. The highest BCUT2D eigenvalue weighted by Crippen LogP contribution is 2.30. The van der Waals surface area contributed by atoms with Crippen molar-refractivity contribution in [3.05, 3.63) is 53.1 Å². The van der Waals surface area contributed by atoms with Gasteiger partial charge >= 0.3 is 0 Å². The van der Waals surface area contributed by atoms with E-state index in [2.05, 4.69) is 24.1 Å². The monoisotopic (exact) mass is 385 g/mol. The predicted molar refractivity (Wildman–Crippen MR) is 114 cm³/mol. The van der Waals surface area contributed by atoms with Crippen molar-refractivity contribution in [2.24, 2.45) is 4.99 Å². The number of methoxy groups -OCH3 is 2. The van der Waals surface area contributed by atoms with Crippen LogP contribution in [0.4, 0.5) is 0 Å². The summed E-state index contributed by atoms with van der Waals surface area (Å²) in [5.41, 5.74) is 3.36. The second kappa shape index (κ2) is 10.4. The second-order valence-corrected chi connectivity index (χ2v) is 6.65. The maximum Gasteiger partial charge on any atom is 0.193 e. The second-order valence-electron chi connectivity index (χ2n) is 6.65. The number of aromatic hydroxyl groups is 1. The lowest BCUT2D eigenvalue weighted by Crippen LogP contribution is -2.38. The molecule has 28 heavy (non-hydrogen) atoms. The Morgan fingerprint density at radius 1 is 1.14 bits per heavy atom. The number of aryl methyl sites for hydroxylation is 1. The molecule has 0 unspecified atom stereocenters. The molecule has 0 amide bonds. The van der Waals surface area contributed by atoms with Gasteiger partial charge in [-0.15, -0.1) is 0 Å². The van der Waals surface area contributed by atoms with Gasteiger partial charge in [0.15, 0.2) is 17.5 Å². The molecule has 0 heterocycles. The maximum atomic E-state index is 9.59. The van der Waals surface area contributed by atoms with Crippen LogP contribution < -0.4 is 14.8 Å². The molecule has 0 radical (unpaired) electrons. The van der Waals surface area contributed by atoms with Gasteiger partial charge in [-0.3, -0.25) is 4.99 Å². The molecule has 2 rings (SSSR count). The molecule has 0 spiro atoms. The van der Waals surface area contributed by atoms with Crippen molar-refractivity contribution in [2.75, 3.05) is 34.4 Å². The molecule has 6 nitrogen and oxygen atoms in total. The van der Waals surface area contributed by atoms with Gasteiger partial charge in [0.2, 0.25) is 0 Å². The topological polar surface area (TPSA) is 66.3 Å². The van der Waals surface area contributed by atoms with E-state index in [-0.39, 0.29) is 5.75 Å². The Morgan fingerprint density at radius 2 is 1.86 bits per heavy atom. The van der Waals surface area contributed by atoms with Crippen LogP contribution in [0.3, 0.4) is 0 Å². The number of benzene rings is 2. The molecule has 152 valence electrons. The minimum Gasteiger partial charge on any atom is -0.508 e. The van der Waals surface area contributed by atoms with E-state index in [0.29, 0.717) is 13.1 Å². The van der Waals surface area contributed by atoms with Gasteiger partial charge in [-0.05, 0) is 61.2 Å². The Kier molecular flexibility index (Phi) is 7.99. The number of aliphatic imine (C=N–C) groups is 1. The third-order valence-electron chi connectivity index (χ3n) is 4.52. The lowest BCUT2D eigenvalue weighted by molar-refractivity contribution is 0.353. The van der Waals surface area contributed by atoms with Crippen LogP contribution in [0.25, 0.3) is 0 Å². The van der Waals surface area contributed by atoms with Crippen molar-refractivity contribution in [3.8, 4) is 17.2 Å². The summed E-state index contributed by atoms with van der Waals surface area (Å²) < 4.78 is 10.8. The maximum absolute atomic E-state index is 9.59. The Labute approximate surface area is 167 Å². The van der Waals surface area contributed by atoms with E-state index in [1.165, 1.54) is 0 Å². The highest BCUT2D eigenvalue weighted by molar-refractivity contribution is 5.79. The highest BCUT2D eigenvalue weighted by Gasteiger charge is 2.12.